The third kappa shape index (κ3) is 1.63. The lowest BCUT2D eigenvalue weighted by atomic mass is 10.3. The predicted octanol–water partition coefficient (Wildman–Crippen LogP) is 0.949. The van der Waals surface area contributed by atoms with Crippen molar-refractivity contribution < 1.29 is 4.58 Å². The lowest BCUT2D eigenvalue weighted by Crippen LogP contribution is -2.28. The fourth-order valence-corrected chi connectivity index (χ4v) is 1.34. The standard InChI is InChI=1S/C7H14ClN2/c1-9-5-3-4-6-10(2)7(9)8/h3-6H2,1-2H3/q+1. The van der Waals surface area contributed by atoms with Gasteiger partial charge in [-0.15, -0.1) is 0 Å². The zero-order valence-electron chi connectivity index (χ0n) is 6.60. The van der Waals surface area contributed by atoms with Gasteiger partial charge in [0.2, 0.25) is 0 Å². The number of amidine groups is 1. The summed E-state index contributed by atoms with van der Waals surface area (Å²) >= 11 is 5.99. The minimum atomic E-state index is 0.873. The van der Waals surface area contributed by atoms with Gasteiger partial charge in [0.05, 0.1) is 27.2 Å². The van der Waals surface area contributed by atoms with E-state index in [9.17, 15) is 0 Å². The average Bonchev–Trinajstić information content (AvgIpc) is 2.04. The molecule has 0 fully saturated rings. The van der Waals surface area contributed by atoms with Crippen LogP contribution in [0.3, 0.4) is 0 Å². The van der Waals surface area contributed by atoms with Crippen molar-refractivity contribution in [1.29, 1.82) is 0 Å². The highest BCUT2D eigenvalue weighted by Gasteiger charge is 2.16. The molecule has 58 valence electrons. The molecule has 0 aromatic carbocycles. The molecular weight excluding hydrogens is 148 g/mol. The molecule has 0 aliphatic carbocycles. The van der Waals surface area contributed by atoms with Gasteiger partial charge < -0.3 is 0 Å². The Labute approximate surface area is 67.1 Å². The largest absolute Gasteiger partial charge is 0.344 e. The second-order valence-corrected chi connectivity index (χ2v) is 3.16. The Bertz CT molecular complexity index is 154. The lowest BCUT2D eigenvalue weighted by molar-refractivity contribution is -0.498. The van der Waals surface area contributed by atoms with Crippen molar-refractivity contribution in [2.24, 2.45) is 0 Å². The van der Waals surface area contributed by atoms with E-state index >= 15 is 0 Å². The molecule has 1 aliphatic rings. The molecule has 0 unspecified atom stereocenters. The highest BCUT2D eigenvalue weighted by atomic mass is 35.5. The first-order valence-corrected chi connectivity index (χ1v) is 4.04. The van der Waals surface area contributed by atoms with Gasteiger partial charge in [0, 0.05) is 11.6 Å². The second-order valence-electron chi connectivity index (χ2n) is 2.82. The molecule has 0 radical (unpaired) electrons. The molecule has 0 aromatic heterocycles. The third-order valence-electron chi connectivity index (χ3n) is 1.87. The van der Waals surface area contributed by atoms with Crippen LogP contribution in [0.25, 0.3) is 0 Å². The van der Waals surface area contributed by atoms with Gasteiger partial charge in [0.25, 0.3) is 0 Å². The topological polar surface area (TPSA) is 6.25 Å². The van der Waals surface area contributed by atoms with E-state index < -0.39 is 0 Å². The molecule has 0 bridgehead atoms. The Morgan fingerprint density at radius 3 is 2.90 bits per heavy atom. The predicted molar refractivity (Wildman–Crippen MR) is 43.8 cm³/mol. The van der Waals surface area contributed by atoms with E-state index in [4.69, 9.17) is 11.6 Å². The number of rotatable bonds is 0. The zero-order valence-corrected chi connectivity index (χ0v) is 7.36. The van der Waals surface area contributed by atoms with Gasteiger partial charge in [-0.1, -0.05) is 0 Å². The van der Waals surface area contributed by atoms with E-state index in [1.165, 1.54) is 12.8 Å². The summed E-state index contributed by atoms with van der Waals surface area (Å²) in [5, 5.41) is 0.873. The summed E-state index contributed by atoms with van der Waals surface area (Å²) in [6, 6.07) is 0. The molecule has 0 N–H and O–H groups in total. The summed E-state index contributed by atoms with van der Waals surface area (Å²) in [6.07, 6.45) is 2.49. The lowest BCUT2D eigenvalue weighted by Gasteiger charge is -2.06. The maximum atomic E-state index is 5.99. The molecule has 0 spiro atoms. The van der Waals surface area contributed by atoms with Gasteiger partial charge in [-0.05, 0) is 12.8 Å². The van der Waals surface area contributed by atoms with E-state index in [0.29, 0.717) is 0 Å². The third-order valence-corrected chi connectivity index (χ3v) is 2.44. The van der Waals surface area contributed by atoms with Gasteiger partial charge >= 0.3 is 5.29 Å². The number of hydrogen-bond donors (Lipinski definition) is 0. The minimum absolute atomic E-state index is 0.873. The molecule has 10 heavy (non-hydrogen) atoms. The number of halogens is 1. The van der Waals surface area contributed by atoms with Crippen LogP contribution in [-0.4, -0.2) is 42.0 Å². The summed E-state index contributed by atoms with van der Waals surface area (Å²) in [5.41, 5.74) is 0. The summed E-state index contributed by atoms with van der Waals surface area (Å²) in [4.78, 5) is 2.09. The monoisotopic (exact) mass is 161 g/mol. The fourth-order valence-electron chi connectivity index (χ4n) is 1.17. The van der Waals surface area contributed by atoms with Gasteiger partial charge in [-0.25, -0.2) is 0 Å². The van der Waals surface area contributed by atoms with Crippen LogP contribution in [0.5, 0.6) is 0 Å². The number of hydrogen-bond acceptors (Lipinski definition) is 1. The quantitative estimate of drug-likeness (QED) is 0.379. The smallest absolute Gasteiger partial charge is 0.254 e. The van der Waals surface area contributed by atoms with E-state index in [1.807, 2.05) is 14.1 Å². The highest BCUT2D eigenvalue weighted by molar-refractivity contribution is 6.63. The van der Waals surface area contributed by atoms with Gasteiger partial charge in [0.1, 0.15) is 0 Å². The molecule has 0 saturated carbocycles. The second kappa shape index (κ2) is 3.24. The summed E-state index contributed by atoms with van der Waals surface area (Å²) in [7, 11) is 4.06. The van der Waals surface area contributed by atoms with Crippen LogP contribution in [0.1, 0.15) is 12.8 Å². The van der Waals surface area contributed by atoms with Crippen molar-refractivity contribution in [3.05, 3.63) is 0 Å². The van der Waals surface area contributed by atoms with Crippen LogP contribution in [-0.2, 0) is 0 Å². The van der Waals surface area contributed by atoms with Crippen LogP contribution in [0, 0.1) is 0 Å². The Morgan fingerprint density at radius 1 is 1.50 bits per heavy atom. The van der Waals surface area contributed by atoms with E-state index in [-0.39, 0.29) is 0 Å². The zero-order chi connectivity index (χ0) is 7.56. The molecular formula is C7H14ClN2+. The van der Waals surface area contributed by atoms with Crippen molar-refractivity contribution in [3.63, 3.8) is 0 Å². The van der Waals surface area contributed by atoms with Crippen molar-refractivity contribution in [1.82, 2.24) is 4.90 Å². The van der Waals surface area contributed by atoms with Crippen molar-refractivity contribution in [2.75, 3.05) is 27.2 Å². The van der Waals surface area contributed by atoms with Crippen LogP contribution < -0.4 is 0 Å². The van der Waals surface area contributed by atoms with Crippen molar-refractivity contribution >= 4 is 16.9 Å². The molecule has 2 nitrogen and oxygen atoms in total. The Morgan fingerprint density at radius 2 is 2.20 bits per heavy atom. The number of nitrogens with zero attached hydrogens (tertiary/aromatic N) is 2. The van der Waals surface area contributed by atoms with Crippen LogP contribution >= 0.6 is 11.6 Å². The molecule has 0 amide bonds. The van der Waals surface area contributed by atoms with E-state index in [0.717, 1.165) is 18.4 Å². The van der Waals surface area contributed by atoms with Crippen LogP contribution in [0.15, 0.2) is 0 Å². The average molecular weight is 162 g/mol. The Kier molecular flexibility index (Phi) is 2.55. The van der Waals surface area contributed by atoms with E-state index in [1.54, 1.807) is 0 Å². The SMILES string of the molecule is CN1CCCC[N+](C)=C1Cl. The van der Waals surface area contributed by atoms with E-state index in [2.05, 4.69) is 9.48 Å². The van der Waals surface area contributed by atoms with Gasteiger partial charge in [0.15, 0.2) is 0 Å². The molecule has 0 aromatic rings. The minimum Gasteiger partial charge on any atom is -0.254 e. The van der Waals surface area contributed by atoms with Crippen LogP contribution in [0.4, 0.5) is 0 Å². The molecule has 0 atom stereocenters. The first kappa shape index (κ1) is 7.86. The molecule has 1 rings (SSSR count). The van der Waals surface area contributed by atoms with Gasteiger partial charge in [-0.2, -0.15) is 0 Å². The fraction of sp³-hybridized carbons (Fsp3) is 0.857. The first-order chi connectivity index (χ1) is 4.72. The maximum absolute atomic E-state index is 5.99. The normalized spacial score (nSPS) is 21.3. The Balaban J connectivity index is 2.69. The first-order valence-electron chi connectivity index (χ1n) is 3.66. The molecule has 3 heteroatoms. The molecule has 0 saturated heterocycles. The molecule has 1 heterocycles. The van der Waals surface area contributed by atoms with Crippen molar-refractivity contribution in [3.8, 4) is 0 Å². The maximum Gasteiger partial charge on any atom is 0.344 e. The van der Waals surface area contributed by atoms with Crippen LogP contribution in [0.2, 0.25) is 0 Å². The highest BCUT2D eigenvalue weighted by Crippen LogP contribution is 2.02. The van der Waals surface area contributed by atoms with Gasteiger partial charge in [-0.3, -0.25) is 9.48 Å². The molecule has 1 aliphatic heterocycles. The summed E-state index contributed by atoms with van der Waals surface area (Å²) < 4.78 is 2.09. The van der Waals surface area contributed by atoms with Crippen molar-refractivity contribution in [2.45, 2.75) is 12.8 Å². The summed E-state index contributed by atoms with van der Waals surface area (Å²) in [6.45, 7) is 2.17. The summed E-state index contributed by atoms with van der Waals surface area (Å²) in [5.74, 6) is 0. The Hall–Kier alpha value is -0.240.